The fourth-order valence-corrected chi connectivity index (χ4v) is 3.73. The van der Waals surface area contributed by atoms with Crippen LogP contribution in [-0.4, -0.2) is 35.9 Å². The van der Waals surface area contributed by atoms with Crippen LogP contribution in [0.4, 0.5) is 0 Å². The molecule has 0 aliphatic rings. The second-order valence-corrected chi connectivity index (χ2v) is 9.22. The fraction of sp³-hybridized carbons (Fsp3) is 0.440. The molecule has 2 aromatic carbocycles. The van der Waals surface area contributed by atoms with E-state index in [1.54, 1.807) is 18.2 Å². The number of halogens is 2. The Kier molecular flexibility index (Phi) is 9.85. The lowest BCUT2D eigenvalue weighted by Gasteiger charge is -2.31. The van der Waals surface area contributed by atoms with E-state index in [1.807, 2.05) is 52.8 Å². The van der Waals surface area contributed by atoms with Crippen LogP contribution in [0.2, 0.25) is 10.0 Å². The molecule has 2 aromatic rings. The Balaban J connectivity index is 2.27. The summed E-state index contributed by atoms with van der Waals surface area (Å²) in [7, 11) is 0. The molecule has 0 bridgehead atoms. The minimum absolute atomic E-state index is 0.177. The lowest BCUT2D eigenvalue weighted by molar-refractivity contribution is -0.143. The molecule has 0 saturated heterocycles. The van der Waals surface area contributed by atoms with Gasteiger partial charge in [-0.05, 0) is 61.1 Å². The van der Waals surface area contributed by atoms with Crippen molar-refractivity contribution in [2.24, 2.45) is 5.92 Å². The smallest absolute Gasteiger partial charge is 0.261 e. The summed E-state index contributed by atoms with van der Waals surface area (Å²) in [6, 6.07) is 10.3. The van der Waals surface area contributed by atoms with Crippen LogP contribution < -0.4 is 10.1 Å². The van der Waals surface area contributed by atoms with E-state index in [9.17, 15) is 9.59 Å². The maximum atomic E-state index is 13.3. The van der Waals surface area contributed by atoms with E-state index in [0.29, 0.717) is 40.2 Å². The Hall–Kier alpha value is -2.24. The van der Waals surface area contributed by atoms with Crippen molar-refractivity contribution in [3.63, 3.8) is 0 Å². The maximum absolute atomic E-state index is 13.3. The van der Waals surface area contributed by atoms with E-state index in [-0.39, 0.29) is 25.0 Å². The van der Waals surface area contributed by atoms with Crippen LogP contribution in [0.15, 0.2) is 36.4 Å². The largest absolute Gasteiger partial charge is 0.483 e. The van der Waals surface area contributed by atoms with Gasteiger partial charge in [0.1, 0.15) is 11.8 Å². The molecule has 0 radical (unpaired) electrons. The Bertz CT molecular complexity index is 947. The van der Waals surface area contributed by atoms with Crippen LogP contribution in [0.5, 0.6) is 5.75 Å². The van der Waals surface area contributed by atoms with Gasteiger partial charge in [0.05, 0.1) is 0 Å². The molecule has 1 atom stereocenters. The normalized spacial score (nSPS) is 11.9. The van der Waals surface area contributed by atoms with Gasteiger partial charge in [0.2, 0.25) is 5.91 Å². The van der Waals surface area contributed by atoms with E-state index in [0.717, 1.165) is 11.1 Å². The highest BCUT2D eigenvalue weighted by Gasteiger charge is 2.29. The van der Waals surface area contributed by atoms with Crippen molar-refractivity contribution in [1.29, 1.82) is 0 Å². The predicted octanol–water partition coefficient (Wildman–Crippen LogP) is 5.57. The average Bonchev–Trinajstić information content (AvgIpc) is 2.73. The summed E-state index contributed by atoms with van der Waals surface area (Å²) >= 11 is 12.4. The van der Waals surface area contributed by atoms with Crippen LogP contribution in [0.1, 0.15) is 43.9 Å². The number of nitrogens with one attached hydrogen (secondary N) is 1. The van der Waals surface area contributed by atoms with Gasteiger partial charge in [-0.3, -0.25) is 9.59 Å². The van der Waals surface area contributed by atoms with Crippen molar-refractivity contribution in [3.8, 4) is 5.75 Å². The monoisotopic (exact) mass is 478 g/mol. The highest BCUT2D eigenvalue weighted by molar-refractivity contribution is 6.35. The van der Waals surface area contributed by atoms with Crippen LogP contribution in [-0.2, 0) is 16.1 Å². The predicted molar refractivity (Wildman–Crippen MR) is 130 cm³/mol. The van der Waals surface area contributed by atoms with Gasteiger partial charge in [-0.15, -0.1) is 0 Å². The van der Waals surface area contributed by atoms with Gasteiger partial charge < -0.3 is 15.0 Å². The minimum Gasteiger partial charge on any atom is -0.483 e. The molecule has 0 aliphatic heterocycles. The third-order valence-corrected chi connectivity index (χ3v) is 5.71. The van der Waals surface area contributed by atoms with Crippen LogP contribution >= 0.6 is 23.2 Å². The number of carbonyl (C=O) groups is 2. The summed E-state index contributed by atoms with van der Waals surface area (Å²) in [5, 5.41) is 3.90. The zero-order valence-electron chi connectivity index (χ0n) is 19.4. The lowest BCUT2D eigenvalue weighted by atomic mass is 10.1. The first-order valence-corrected chi connectivity index (χ1v) is 11.6. The van der Waals surface area contributed by atoms with Crippen LogP contribution in [0, 0.1) is 19.8 Å². The molecule has 1 N–H and O–H groups in total. The summed E-state index contributed by atoms with van der Waals surface area (Å²) in [5.74, 6) is 0.480. The molecule has 0 saturated carbocycles. The Labute approximate surface area is 201 Å². The first kappa shape index (κ1) is 26.0. The third kappa shape index (κ3) is 7.42. The van der Waals surface area contributed by atoms with E-state index < -0.39 is 6.04 Å². The van der Waals surface area contributed by atoms with Gasteiger partial charge in [-0.1, -0.05) is 62.2 Å². The number of hydrogen-bond acceptors (Lipinski definition) is 3. The fourth-order valence-electron chi connectivity index (χ4n) is 3.26. The molecule has 32 heavy (non-hydrogen) atoms. The summed E-state index contributed by atoms with van der Waals surface area (Å²) in [5.41, 5.74) is 2.70. The molecule has 0 aliphatic carbocycles. The highest BCUT2D eigenvalue weighted by atomic mass is 35.5. The third-order valence-electron chi connectivity index (χ3n) is 5.12. The van der Waals surface area contributed by atoms with E-state index in [4.69, 9.17) is 27.9 Å². The molecule has 0 aromatic heterocycles. The van der Waals surface area contributed by atoms with Crippen LogP contribution in [0.3, 0.4) is 0 Å². The van der Waals surface area contributed by atoms with Crippen molar-refractivity contribution < 1.29 is 14.3 Å². The minimum atomic E-state index is -0.643. The number of ether oxygens (including phenoxy) is 1. The van der Waals surface area contributed by atoms with Crippen molar-refractivity contribution in [2.75, 3.05) is 13.2 Å². The SMILES string of the molecule is CC[C@H](C(=O)NCC(C)C)N(Cc1ccc(Cl)cc1Cl)C(=O)COc1cc(C)ccc1C. The number of amides is 2. The first-order valence-electron chi connectivity index (χ1n) is 10.8. The molecule has 7 heteroatoms. The number of hydrogen-bond donors (Lipinski definition) is 1. The Morgan fingerprint density at radius 2 is 1.81 bits per heavy atom. The molecular formula is C25H32Cl2N2O3. The lowest BCUT2D eigenvalue weighted by Crippen LogP contribution is -2.50. The standard InChI is InChI=1S/C25H32Cl2N2O3/c1-6-22(25(31)28-13-16(2)3)29(14-19-9-10-20(26)12-21(19)27)24(30)15-32-23-11-17(4)7-8-18(23)5/h7-12,16,22H,6,13-15H2,1-5H3,(H,28,31)/t22-/m1/s1. The average molecular weight is 479 g/mol. The zero-order chi connectivity index (χ0) is 23.8. The molecule has 174 valence electrons. The summed E-state index contributed by atoms with van der Waals surface area (Å²) < 4.78 is 5.84. The molecule has 0 unspecified atom stereocenters. The Morgan fingerprint density at radius 3 is 2.44 bits per heavy atom. The molecular weight excluding hydrogens is 447 g/mol. The van der Waals surface area contributed by atoms with Crippen molar-refractivity contribution in [1.82, 2.24) is 10.2 Å². The van der Waals surface area contributed by atoms with Crippen molar-refractivity contribution in [2.45, 2.75) is 53.6 Å². The number of carbonyl (C=O) groups excluding carboxylic acids is 2. The molecule has 0 fully saturated rings. The van der Waals surface area contributed by atoms with Gasteiger partial charge in [-0.2, -0.15) is 0 Å². The van der Waals surface area contributed by atoms with E-state index >= 15 is 0 Å². The summed E-state index contributed by atoms with van der Waals surface area (Å²) in [6.45, 7) is 10.4. The molecule has 0 spiro atoms. The van der Waals surface area contributed by atoms with Gasteiger partial charge in [0.15, 0.2) is 6.61 Å². The van der Waals surface area contributed by atoms with Crippen molar-refractivity contribution in [3.05, 3.63) is 63.1 Å². The number of rotatable bonds is 10. The topological polar surface area (TPSA) is 58.6 Å². The Morgan fingerprint density at radius 1 is 1.09 bits per heavy atom. The second kappa shape index (κ2) is 12.1. The quantitative estimate of drug-likeness (QED) is 0.485. The zero-order valence-corrected chi connectivity index (χ0v) is 20.9. The number of nitrogens with zero attached hydrogens (tertiary/aromatic N) is 1. The van der Waals surface area contributed by atoms with Crippen LogP contribution in [0.25, 0.3) is 0 Å². The van der Waals surface area contributed by atoms with Gasteiger partial charge in [-0.25, -0.2) is 0 Å². The maximum Gasteiger partial charge on any atom is 0.261 e. The molecule has 2 amide bonds. The van der Waals surface area contributed by atoms with Gasteiger partial charge in [0.25, 0.3) is 5.91 Å². The first-order chi connectivity index (χ1) is 15.1. The summed E-state index contributed by atoms with van der Waals surface area (Å²) in [6.07, 6.45) is 0.463. The summed E-state index contributed by atoms with van der Waals surface area (Å²) in [4.78, 5) is 27.8. The number of aryl methyl sites for hydroxylation is 2. The molecule has 0 heterocycles. The van der Waals surface area contributed by atoms with E-state index in [2.05, 4.69) is 5.32 Å². The molecule has 5 nitrogen and oxygen atoms in total. The van der Waals surface area contributed by atoms with E-state index in [1.165, 1.54) is 4.90 Å². The van der Waals surface area contributed by atoms with Gasteiger partial charge >= 0.3 is 0 Å². The molecule has 2 rings (SSSR count). The van der Waals surface area contributed by atoms with Gasteiger partial charge in [0, 0.05) is 23.1 Å². The van der Waals surface area contributed by atoms with Crippen molar-refractivity contribution >= 4 is 35.0 Å². The second-order valence-electron chi connectivity index (χ2n) is 8.38. The highest BCUT2D eigenvalue weighted by Crippen LogP contribution is 2.24. The number of benzene rings is 2.